The van der Waals surface area contributed by atoms with E-state index in [0.29, 0.717) is 12.5 Å². The highest BCUT2D eigenvalue weighted by Gasteiger charge is 2.11. The maximum absolute atomic E-state index is 8.59. The third-order valence-electron chi connectivity index (χ3n) is 2.87. The van der Waals surface area contributed by atoms with Gasteiger partial charge >= 0.3 is 0 Å². The Morgan fingerprint density at radius 2 is 2.12 bits per heavy atom. The highest BCUT2D eigenvalue weighted by molar-refractivity contribution is 5.76. The first-order chi connectivity index (χ1) is 8.24. The van der Waals surface area contributed by atoms with Crippen molar-refractivity contribution in [2.75, 3.05) is 0 Å². The molecule has 0 atom stereocenters. The number of aryl methyl sites for hydroxylation is 1. The summed E-state index contributed by atoms with van der Waals surface area (Å²) in [7, 11) is 0. The maximum Gasteiger partial charge on any atom is 0.110 e. The zero-order chi connectivity index (χ0) is 12.3. The van der Waals surface area contributed by atoms with Crippen LogP contribution in [0.1, 0.15) is 38.6 Å². The Kier molecular flexibility index (Phi) is 3.43. The number of unbranched alkanes of at least 4 members (excludes halogenated alkanes) is 1. The lowest BCUT2D eigenvalue weighted by molar-refractivity contribution is 0.577. The lowest BCUT2D eigenvalue weighted by Gasteiger charge is -2.12. The molecule has 0 bridgehead atoms. The van der Waals surface area contributed by atoms with Gasteiger partial charge in [0, 0.05) is 18.9 Å². The molecule has 0 saturated carbocycles. The Morgan fingerprint density at radius 1 is 1.35 bits per heavy atom. The molecule has 0 radical (unpaired) electrons. The molecule has 1 aromatic heterocycles. The summed E-state index contributed by atoms with van der Waals surface area (Å²) in [5.74, 6) is 1.09. The van der Waals surface area contributed by atoms with Gasteiger partial charge in [-0.05, 0) is 32.4 Å². The van der Waals surface area contributed by atoms with Crippen LogP contribution < -0.4 is 0 Å². The van der Waals surface area contributed by atoms with Crippen molar-refractivity contribution in [1.29, 1.82) is 5.26 Å². The molecule has 0 aliphatic heterocycles. The van der Waals surface area contributed by atoms with Crippen molar-refractivity contribution in [3.05, 3.63) is 30.1 Å². The normalized spacial score (nSPS) is 10.9. The molecule has 3 nitrogen and oxygen atoms in total. The van der Waals surface area contributed by atoms with E-state index in [-0.39, 0.29) is 0 Å². The minimum Gasteiger partial charge on any atom is -0.325 e. The van der Waals surface area contributed by atoms with Gasteiger partial charge in [-0.1, -0.05) is 12.1 Å². The Hall–Kier alpha value is -1.82. The highest BCUT2D eigenvalue weighted by atomic mass is 15.1. The predicted octanol–water partition coefficient (Wildman–Crippen LogP) is 3.46. The fraction of sp³-hybridized carbons (Fsp3) is 0.429. The third kappa shape index (κ3) is 2.31. The van der Waals surface area contributed by atoms with Gasteiger partial charge in [-0.2, -0.15) is 5.26 Å². The van der Waals surface area contributed by atoms with E-state index in [4.69, 9.17) is 5.26 Å². The summed E-state index contributed by atoms with van der Waals surface area (Å²) in [6.07, 6.45) is 2.36. The topological polar surface area (TPSA) is 41.6 Å². The van der Waals surface area contributed by atoms with Gasteiger partial charge in [0.15, 0.2) is 0 Å². The summed E-state index contributed by atoms with van der Waals surface area (Å²) >= 11 is 0. The van der Waals surface area contributed by atoms with Gasteiger partial charge in [-0.25, -0.2) is 4.98 Å². The van der Waals surface area contributed by atoms with E-state index in [9.17, 15) is 0 Å². The SMILES string of the molecule is CC(C)n1c(CCCC#N)nc2ccccc21. The molecule has 0 unspecified atom stereocenters. The summed E-state index contributed by atoms with van der Waals surface area (Å²) in [5, 5.41) is 8.59. The standard InChI is InChI=1S/C14H17N3/c1-11(2)17-13-8-4-3-7-12(13)16-14(17)9-5-6-10-15/h3-4,7-8,11H,5-6,9H2,1-2H3. The van der Waals surface area contributed by atoms with Gasteiger partial charge < -0.3 is 4.57 Å². The van der Waals surface area contributed by atoms with Gasteiger partial charge in [0.2, 0.25) is 0 Å². The number of nitrogens with zero attached hydrogens (tertiary/aromatic N) is 3. The molecule has 0 spiro atoms. The van der Waals surface area contributed by atoms with Crippen LogP contribution in [-0.2, 0) is 6.42 Å². The van der Waals surface area contributed by atoms with Crippen LogP contribution in [0, 0.1) is 11.3 Å². The number of hydrogen-bond donors (Lipinski definition) is 0. The largest absolute Gasteiger partial charge is 0.325 e. The molecule has 1 aromatic carbocycles. The van der Waals surface area contributed by atoms with Crippen LogP contribution >= 0.6 is 0 Å². The summed E-state index contributed by atoms with van der Waals surface area (Å²) in [5.41, 5.74) is 2.24. The first kappa shape index (κ1) is 11.7. The molecule has 17 heavy (non-hydrogen) atoms. The molecule has 0 N–H and O–H groups in total. The molecule has 3 heteroatoms. The summed E-state index contributed by atoms with van der Waals surface area (Å²) in [6.45, 7) is 4.34. The molecular weight excluding hydrogens is 210 g/mol. The van der Waals surface area contributed by atoms with Crippen molar-refractivity contribution in [3.63, 3.8) is 0 Å². The predicted molar refractivity (Wildman–Crippen MR) is 68.7 cm³/mol. The van der Waals surface area contributed by atoms with Crippen LogP contribution in [0.4, 0.5) is 0 Å². The van der Waals surface area contributed by atoms with Crippen molar-refractivity contribution < 1.29 is 0 Å². The molecule has 2 rings (SSSR count). The Balaban J connectivity index is 2.40. The molecule has 0 amide bonds. The smallest absolute Gasteiger partial charge is 0.110 e. The van der Waals surface area contributed by atoms with Crippen molar-refractivity contribution in [2.45, 2.75) is 39.2 Å². The summed E-state index contributed by atoms with van der Waals surface area (Å²) in [6, 6.07) is 10.8. The molecule has 1 heterocycles. The number of para-hydroxylation sites is 2. The second-order valence-corrected chi connectivity index (χ2v) is 4.49. The molecular formula is C14H17N3. The minimum absolute atomic E-state index is 0.402. The van der Waals surface area contributed by atoms with Crippen LogP contribution in [0.2, 0.25) is 0 Å². The first-order valence-corrected chi connectivity index (χ1v) is 6.07. The van der Waals surface area contributed by atoms with E-state index >= 15 is 0 Å². The van der Waals surface area contributed by atoms with E-state index in [2.05, 4.69) is 35.5 Å². The van der Waals surface area contributed by atoms with Crippen molar-refractivity contribution >= 4 is 11.0 Å². The van der Waals surface area contributed by atoms with Gasteiger partial charge in [0.1, 0.15) is 5.82 Å². The second kappa shape index (κ2) is 5.01. The van der Waals surface area contributed by atoms with Gasteiger partial charge in [-0.3, -0.25) is 0 Å². The number of fused-ring (bicyclic) bond motifs is 1. The van der Waals surface area contributed by atoms with Crippen molar-refractivity contribution in [1.82, 2.24) is 9.55 Å². The van der Waals surface area contributed by atoms with E-state index < -0.39 is 0 Å². The Morgan fingerprint density at radius 3 is 2.82 bits per heavy atom. The first-order valence-electron chi connectivity index (χ1n) is 6.07. The fourth-order valence-electron chi connectivity index (χ4n) is 2.17. The lowest BCUT2D eigenvalue weighted by atomic mass is 10.2. The van der Waals surface area contributed by atoms with Crippen LogP contribution in [-0.4, -0.2) is 9.55 Å². The van der Waals surface area contributed by atoms with Crippen LogP contribution in [0.15, 0.2) is 24.3 Å². The summed E-state index contributed by atoms with van der Waals surface area (Å²) < 4.78 is 2.27. The van der Waals surface area contributed by atoms with Gasteiger partial charge in [0.05, 0.1) is 17.1 Å². The Labute approximate surface area is 102 Å². The van der Waals surface area contributed by atoms with Crippen molar-refractivity contribution in [2.24, 2.45) is 0 Å². The zero-order valence-electron chi connectivity index (χ0n) is 10.3. The van der Waals surface area contributed by atoms with E-state index in [0.717, 1.165) is 24.2 Å². The molecule has 0 fully saturated rings. The molecule has 88 valence electrons. The van der Waals surface area contributed by atoms with Gasteiger partial charge in [0.25, 0.3) is 0 Å². The Bertz CT molecular complexity index is 546. The minimum atomic E-state index is 0.402. The monoisotopic (exact) mass is 227 g/mol. The molecule has 0 aliphatic carbocycles. The van der Waals surface area contributed by atoms with Gasteiger partial charge in [-0.15, -0.1) is 0 Å². The van der Waals surface area contributed by atoms with Crippen LogP contribution in [0.3, 0.4) is 0 Å². The third-order valence-corrected chi connectivity index (χ3v) is 2.87. The maximum atomic E-state index is 8.59. The average molecular weight is 227 g/mol. The van der Waals surface area contributed by atoms with Crippen LogP contribution in [0.5, 0.6) is 0 Å². The quantitative estimate of drug-likeness (QED) is 0.750. The van der Waals surface area contributed by atoms with Crippen LogP contribution in [0.25, 0.3) is 11.0 Å². The zero-order valence-corrected chi connectivity index (χ0v) is 10.3. The number of rotatable bonds is 4. The lowest BCUT2D eigenvalue weighted by Crippen LogP contribution is -2.06. The molecule has 0 aliphatic rings. The number of imidazole rings is 1. The number of aromatic nitrogens is 2. The highest BCUT2D eigenvalue weighted by Crippen LogP contribution is 2.21. The van der Waals surface area contributed by atoms with Crippen molar-refractivity contribution in [3.8, 4) is 6.07 Å². The number of benzene rings is 1. The summed E-state index contributed by atoms with van der Waals surface area (Å²) in [4.78, 5) is 4.66. The van der Waals surface area contributed by atoms with E-state index in [1.807, 2.05) is 18.2 Å². The average Bonchev–Trinajstić information content (AvgIpc) is 2.67. The molecule has 0 saturated heterocycles. The fourth-order valence-corrected chi connectivity index (χ4v) is 2.17. The number of hydrogen-bond acceptors (Lipinski definition) is 2. The van der Waals surface area contributed by atoms with E-state index in [1.165, 1.54) is 5.52 Å². The number of nitriles is 1. The van der Waals surface area contributed by atoms with E-state index in [1.54, 1.807) is 0 Å². The second-order valence-electron chi connectivity index (χ2n) is 4.49. The molecule has 2 aromatic rings.